The predicted molar refractivity (Wildman–Crippen MR) is 122 cm³/mol. The van der Waals surface area contributed by atoms with Gasteiger partial charge in [-0.3, -0.25) is 9.89 Å². The summed E-state index contributed by atoms with van der Waals surface area (Å²) in [5, 5.41) is 13.2. The number of hydrogen-bond acceptors (Lipinski definition) is 5. The Morgan fingerprint density at radius 1 is 1.16 bits per heavy atom. The number of halogens is 2. The van der Waals surface area contributed by atoms with Crippen LogP contribution in [0.4, 0.5) is 16.0 Å². The minimum absolute atomic E-state index is 0.0109. The number of amides is 1. The number of hydrogen-bond donors (Lipinski definition) is 3. The minimum atomic E-state index is -0.672. The molecule has 0 aliphatic heterocycles. The number of aromatic amines is 1. The molecule has 0 radical (unpaired) electrons. The molecule has 0 atom stereocenters. The Hall–Kier alpha value is -3.00. The fourth-order valence-corrected chi connectivity index (χ4v) is 4.33. The van der Waals surface area contributed by atoms with Gasteiger partial charge in [0.15, 0.2) is 11.6 Å². The third-order valence-corrected chi connectivity index (χ3v) is 6.02. The first-order chi connectivity index (χ1) is 15.4. The van der Waals surface area contributed by atoms with E-state index in [-0.39, 0.29) is 16.6 Å². The number of anilines is 2. The Balaban J connectivity index is 1.32. The molecular formula is C23H26ClFN6O. The average molecular weight is 457 g/mol. The van der Waals surface area contributed by atoms with Crippen LogP contribution < -0.4 is 10.6 Å². The van der Waals surface area contributed by atoms with Gasteiger partial charge in [-0.1, -0.05) is 17.7 Å². The summed E-state index contributed by atoms with van der Waals surface area (Å²) < 4.78 is 14.1. The zero-order valence-electron chi connectivity index (χ0n) is 18.1. The zero-order valence-corrected chi connectivity index (χ0v) is 18.8. The highest BCUT2D eigenvalue weighted by molar-refractivity contribution is 6.31. The molecule has 9 heteroatoms. The average Bonchev–Trinajstić information content (AvgIpc) is 3.15. The molecular weight excluding hydrogens is 431 g/mol. The van der Waals surface area contributed by atoms with Crippen molar-refractivity contribution < 1.29 is 9.18 Å². The van der Waals surface area contributed by atoms with E-state index in [4.69, 9.17) is 11.6 Å². The maximum atomic E-state index is 14.1. The van der Waals surface area contributed by atoms with Crippen molar-refractivity contribution >= 4 is 29.1 Å². The lowest BCUT2D eigenvalue weighted by molar-refractivity contribution is 0.0917. The molecule has 2 heterocycles. The van der Waals surface area contributed by atoms with Gasteiger partial charge in [-0.25, -0.2) is 14.4 Å². The zero-order chi connectivity index (χ0) is 22.7. The van der Waals surface area contributed by atoms with E-state index in [1.807, 2.05) is 26.0 Å². The number of aryl methyl sites for hydroxylation is 2. The van der Waals surface area contributed by atoms with Crippen molar-refractivity contribution in [2.24, 2.45) is 5.92 Å². The van der Waals surface area contributed by atoms with Crippen LogP contribution in [0.1, 0.15) is 53.3 Å². The maximum absolute atomic E-state index is 14.1. The summed E-state index contributed by atoms with van der Waals surface area (Å²) in [7, 11) is 0. The SMILES string of the molecule is Cc1nc(CC2CCC(NC(=O)c3cccc(Cl)c3F)CC2)cc(Nc2cc(C)[nH]n2)n1. The highest BCUT2D eigenvalue weighted by Gasteiger charge is 2.25. The van der Waals surface area contributed by atoms with Crippen molar-refractivity contribution in [1.29, 1.82) is 0 Å². The molecule has 1 aliphatic rings. The molecule has 4 rings (SSSR count). The number of nitrogens with one attached hydrogen (secondary N) is 3. The van der Waals surface area contributed by atoms with Crippen molar-refractivity contribution in [2.45, 2.75) is 52.0 Å². The van der Waals surface area contributed by atoms with E-state index in [2.05, 4.69) is 30.8 Å². The van der Waals surface area contributed by atoms with E-state index in [9.17, 15) is 9.18 Å². The smallest absolute Gasteiger partial charge is 0.254 e. The second kappa shape index (κ2) is 9.65. The third-order valence-electron chi connectivity index (χ3n) is 5.73. The normalized spacial score (nSPS) is 18.4. The number of carbonyl (C=O) groups is 1. The van der Waals surface area contributed by atoms with Crippen molar-refractivity contribution in [3.05, 3.63) is 63.9 Å². The summed E-state index contributed by atoms with van der Waals surface area (Å²) in [5.41, 5.74) is 1.95. The molecule has 1 fully saturated rings. The molecule has 3 aromatic rings. The Morgan fingerprint density at radius 2 is 1.94 bits per heavy atom. The van der Waals surface area contributed by atoms with Gasteiger partial charge < -0.3 is 10.6 Å². The molecule has 0 saturated heterocycles. The molecule has 0 spiro atoms. The Morgan fingerprint density at radius 3 is 2.66 bits per heavy atom. The van der Waals surface area contributed by atoms with Gasteiger partial charge in [0.05, 0.1) is 10.6 Å². The van der Waals surface area contributed by atoms with E-state index < -0.39 is 11.7 Å². The van der Waals surface area contributed by atoms with E-state index in [0.717, 1.165) is 55.1 Å². The largest absolute Gasteiger partial charge is 0.349 e. The van der Waals surface area contributed by atoms with Crippen molar-refractivity contribution in [3.63, 3.8) is 0 Å². The van der Waals surface area contributed by atoms with Crippen molar-refractivity contribution in [2.75, 3.05) is 5.32 Å². The number of nitrogens with zero attached hydrogens (tertiary/aromatic N) is 3. The van der Waals surface area contributed by atoms with Crippen LogP contribution >= 0.6 is 11.6 Å². The third kappa shape index (κ3) is 5.43. The topological polar surface area (TPSA) is 95.6 Å². The van der Waals surface area contributed by atoms with Crippen LogP contribution in [0.5, 0.6) is 0 Å². The second-order valence-corrected chi connectivity index (χ2v) is 8.76. The number of rotatable bonds is 6. The van der Waals surface area contributed by atoms with E-state index in [0.29, 0.717) is 11.7 Å². The van der Waals surface area contributed by atoms with E-state index in [1.165, 1.54) is 12.1 Å². The van der Waals surface area contributed by atoms with Crippen LogP contribution in [0.3, 0.4) is 0 Å². The molecule has 1 amide bonds. The quantitative estimate of drug-likeness (QED) is 0.491. The lowest BCUT2D eigenvalue weighted by Crippen LogP contribution is -2.38. The van der Waals surface area contributed by atoms with Crippen LogP contribution in [-0.2, 0) is 6.42 Å². The summed E-state index contributed by atoms with van der Waals surface area (Å²) in [4.78, 5) is 21.5. The molecule has 168 valence electrons. The van der Waals surface area contributed by atoms with Crippen LogP contribution in [0.15, 0.2) is 30.3 Å². The number of carbonyl (C=O) groups excluding carboxylic acids is 1. The molecule has 1 saturated carbocycles. The van der Waals surface area contributed by atoms with Crippen molar-refractivity contribution in [1.82, 2.24) is 25.5 Å². The van der Waals surface area contributed by atoms with Crippen LogP contribution in [0.2, 0.25) is 5.02 Å². The first-order valence-electron chi connectivity index (χ1n) is 10.8. The number of aromatic nitrogens is 4. The summed E-state index contributed by atoms with van der Waals surface area (Å²) in [6.07, 6.45) is 4.47. The Kier molecular flexibility index (Phi) is 6.69. The second-order valence-electron chi connectivity index (χ2n) is 8.35. The van der Waals surface area contributed by atoms with E-state index in [1.54, 1.807) is 6.07 Å². The fraction of sp³-hybridized carbons (Fsp3) is 0.391. The van der Waals surface area contributed by atoms with Gasteiger partial charge in [0, 0.05) is 29.6 Å². The van der Waals surface area contributed by atoms with Crippen LogP contribution in [0, 0.1) is 25.6 Å². The molecule has 3 N–H and O–H groups in total. The van der Waals surface area contributed by atoms with Gasteiger partial charge in [0.2, 0.25) is 0 Å². The first kappa shape index (κ1) is 22.2. The van der Waals surface area contributed by atoms with Crippen molar-refractivity contribution in [3.8, 4) is 0 Å². The highest BCUT2D eigenvalue weighted by atomic mass is 35.5. The monoisotopic (exact) mass is 456 g/mol. The lowest BCUT2D eigenvalue weighted by Gasteiger charge is -2.29. The lowest BCUT2D eigenvalue weighted by atomic mass is 9.83. The van der Waals surface area contributed by atoms with Gasteiger partial charge in [-0.2, -0.15) is 5.10 Å². The predicted octanol–water partition coefficient (Wildman–Crippen LogP) is 4.88. The fourth-order valence-electron chi connectivity index (χ4n) is 4.16. The summed E-state index contributed by atoms with van der Waals surface area (Å²) >= 11 is 5.79. The van der Waals surface area contributed by atoms with Gasteiger partial charge in [-0.05, 0) is 64.0 Å². The molecule has 1 aliphatic carbocycles. The molecule has 0 bridgehead atoms. The molecule has 7 nitrogen and oxygen atoms in total. The molecule has 32 heavy (non-hydrogen) atoms. The van der Waals surface area contributed by atoms with Gasteiger partial charge in [0.1, 0.15) is 11.6 Å². The number of H-pyrrole nitrogens is 1. The molecule has 0 unspecified atom stereocenters. The highest BCUT2D eigenvalue weighted by Crippen LogP contribution is 2.28. The first-order valence-corrected chi connectivity index (χ1v) is 11.1. The Labute approximate surface area is 191 Å². The molecule has 2 aromatic heterocycles. The van der Waals surface area contributed by atoms with Crippen LogP contribution in [-0.4, -0.2) is 32.1 Å². The summed E-state index contributed by atoms with van der Waals surface area (Å²) in [5.74, 6) is 1.54. The molecule has 1 aromatic carbocycles. The van der Waals surface area contributed by atoms with Gasteiger partial charge >= 0.3 is 0 Å². The van der Waals surface area contributed by atoms with Gasteiger partial charge in [0.25, 0.3) is 5.91 Å². The summed E-state index contributed by atoms with van der Waals surface area (Å²) in [6, 6.07) is 8.39. The van der Waals surface area contributed by atoms with Gasteiger partial charge in [-0.15, -0.1) is 0 Å². The number of benzene rings is 1. The minimum Gasteiger partial charge on any atom is -0.349 e. The van der Waals surface area contributed by atoms with E-state index >= 15 is 0 Å². The standard InChI is InChI=1S/C23H26ClFN6O/c1-13-10-21(31-30-13)29-20-12-17(26-14(2)27-20)11-15-6-8-16(9-7-15)28-23(32)18-4-3-5-19(24)22(18)25/h3-5,10,12,15-16H,6-9,11H2,1-2H3,(H,28,32)(H2,26,27,29,30,31). The summed E-state index contributed by atoms with van der Waals surface area (Å²) in [6.45, 7) is 3.82. The maximum Gasteiger partial charge on any atom is 0.254 e. The van der Waals surface area contributed by atoms with Crippen LogP contribution in [0.25, 0.3) is 0 Å². The Bertz CT molecular complexity index is 1110.